The molecule has 12 atom stereocenters. The molecule has 5 heteroatoms. The highest BCUT2D eigenvalue weighted by Gasteiger charge is 2.82. The highest BCUT2D eigenvalue weighted by atomic mass is 16.5. The number of aliphatic hydroxyl groups excluding tert-OH is 2. The molecule has 5 nitrogen and oxygen atoms in total. The van der Waals surface area contributed by atoms with E-state index >= 15 is 0 Å². The van der Waals surface area contributed by atoms with Crippen molar-refractivity contribution in [3.63, 3.8) is 0 Å². The van der Waals surface area contributed by atoms with Gasteiger partial charge >= 0.3 is 0 Å². The topological polar surface area (TPSA) is 73.2 Å². The lowest BCUT2D eigenvalue weighted by Gasteiger charge is -2.68. The minimum atomic E-state index is -0.858. The van der Waals surface area contributed by atoms with Crippen LogP contribution in [0.2, 0.25) is 0 Å². The number of aliphatic hydroxyl groups is 3. The third-order valence-electron chi connectivity index (χ3n) is 10.7. The minimum Gasteiger partial charge on any atom is -0.392 e. The smallest absolute Gasteiger partial charge is 0.0771 e. The van der Waals surface area contributed by atoms with E-state index in [0.717, 1.165) is 38.8 Å². The molecule has 2 unspecified atom stereocenters. The third kappa shape index (κ3) is 1.66. The maximum atomic E-state index is 12.1. The lowest BCUT2D eigenvalue weighted by atomic mass is 9.43. The largest absolute Gasteiger partial charge is 0.392 e. The molecule has 6 aliphatic rings. The zero-order valence-electron chi connectivity index (χ0n) is 16.8. The summed E-state index contributed by atoms with van der Waals surface area (Å²) in [7, 11) is 1.73. The van der Waals surface area contributed by atoms with Gasteiger partial charge in [0.2, 0.25) is 0 Å². The summed E-state index contributed by atoms with van der Waals surface area (Å²) < 4.78 is 5.79. The predicted molar refractivity (Wildman–Crippen MR) is 99.9 cm³/mol. The number of methoxy groups -OCH3 is 1. The van der Waals surface area contributed by atoms with E-state index in [1.807, 2.05) is 0 Å². The number of hydrogen-bond acceptors (Lipinski definition) is 5. The first-order chi connectivity index (χ1) is 12.8. The van der Waals surface area contributed by atoms with Crippen LogP contribution in [0.25, 0.3) is 0 Å². The van der Waals surface area contributed by atoms with Crippen molar-refractivity contribution in [3.8, 4) is 0 Å². The molecule has 1 saturated heterocycles. The standard InChI is InChI=1S/C22H35NO4/c1-4-23-10-20(2)6-5-16(24)22-12-7-11-14(27-3)9-21(26,17(12)18(11)25)13(19(22)23)8-15(20)22/h11-19,24-26H,4-10H2,1-3H3/t11-,12?,13+,14+,15-,16+,17-,18+,19-,20+,21?,22-/m1/s1. The molecule has 0 radical (unpaired) electrons. The van der Waals surface area contributed by atoms with Crippen molar-refractivity contribution in [2.75, 3.05) is 20.2 Å². The molecule has 5 saturated carbocycles. The molecular weight excluding hydrogens is 342 g/mol. The number of hydrogen-bond donors (Lipinski definition) is 3. The quantitative estimate of drug-likeness (QED) is 0.676. The van der Waals surface area contributed by atoms with Gasteiger partial charge in [0.25, 0.3) is 0 Å². The number of rotatable bonds is 2. The number of ether oxygens (including phenoxy) is 1. The fourth-order valence-corrected chi connectivity index (χ4v) is 10.1. The Hall–Kier alpha value is -0.200. The summed E-state index contributed by atoms with van der Waals surface area (Å²) in [4.78, 5) is 2.60. The Kier molecular flexibility index (Phi) is 3.33. The molecule has 27 heavy (non-hydrogen) atoms. The summed E-state index contributed by atoms with van der Waals surface area (Å²) in [5, 5.41) is 34.9. The van der Waals surface area contributed by atoms with Crippen LogP contribution in [0.5, 0.6) is 0 Å². The lowest BCUT2D eigenvalue weighted by molar-refractivity contribution is -0.266. The first-order valence-electron chi connectivity index (χ1n) is 11.2. The van der Waals surface area contributed by atoms with Crippen LogP contribution in [0.1, 0.15) is 46.0 Å². The van der Waals surface area contributed by atoms with Crippen molar-refractivity contribution in [2.24, 2.45) is 40.4 Å². The summed E-state index contributed by atoms with van der Waals surface area (Å²) >= 11 is 0. The van der Waals surface area contributed by atoms with Crippen LogP contribution in [-0.2, 0) is 4.74 Å². The van der Waals surface area contributed by atoms with Gasteiger partial charge in [-0.15, -0.1) is 0 Å². The number of likely N-dealkylation sites (tertiary alicyclic amines) is 1. The summed E-state index contributed by atoms with van der Waals surface area (Å²) in [5.41, 5.74) is -0.788. The van der Waals surface area contributed by atoms with Gasteiger partial charge in [-0.05, 0) is 49.5 Å². The molecule has 1 spiro atoms. The van der Waals surface area contributed by atoms with E-state index in [1.54, 1.807) is 7.11 Å². The Bertz CT molecular complexity index is 673. The average molecular weight is 378 g/mol. The average Bonchev–Trinajstić information content (AvgIpc) is 3.07. The van der Waals surface area contributed by atoms with Crippen LogP contribution in [0.4, 0.5) is 0 Å². The van der Waals surface area contributed by atoms with Crippen molar-refractivity contribution >= 4 is 0 Å². The molecule has 0 aromatic rings. The van der Waals surface area contributed by atoms with E-state index in [2.05, 4.69) is 18.7 Å². The second-order valence-corrected chi connectivity index (χ2v) is 11.1. The highest BCUT2D eigenvalue weighted by Crippen LogP contribution is 2.78. The van der Waals surface area contributed by atoms with Crippen LogP contribution in [-0.4, -0.2) is 70.4 Å². The predicted octanol–water partition coefficient (Wildman–Crippen LogP) is 1.25. The number of fused-ring (bicyclic) bond motifs is 2. The van der Waals surface area contributed by atoms with Crippen LogP contribution in [0, 0.1) is 40.4 Å². The molecule has 152 valence electrons. The minimum absolute atomic E-state index is 0.0657. The number of nitrogens with zero attached hydrogens (tertiary/aromatic N) is 1. The van der Waals surface area contributed by atoms with Gasteiger partial charge in [-0.3, -0.25) is 4.90 Å². The van der Waals surface area contributed by atoms with E-state index in [9.17, 15) is 15.3 Å². The SMILES string of the molecule is CCN1C[C@]2(C)CC[C@H](O)[C@@]34C5C[C@H]6[C@H](O)[C@@H]5C(O)(C[C@@H]6OC)[C@@H](C[C@H]23)[C@@H]14. The number of piperidine rings is 1. The Morgan fingerprint density at radius 3 is 2.67 bits per heavy atom. The second-order valence-electron chi connectivity index (χ2n) is 11.1. The molecule has 1 heterocycles. The fourth-order valence-electron chi connectivity index (χ4n) is 10.1. The van der Waals surface area contributed by atoms with Crippen LogP contribution in [0.3, 0.4) is 0 Å². The van der Waals surface area contributed by atoms with Crippen LogP contribution in [0.15, 0.2) is 0 Å². The van der Waals surface area contributed by atoms with Gasteiger partial charge in [-0.2, -0.15) is 0 Å². The Morgan fingerprint density at radius 2 is 1.96 bits per heavy atom. The molecule has 0 aromatic heterocycles. The first kappa shape index (κ1) is 17.6. The fraction of sp³-hybridized carbons (Fsp3) is 1.00. The van der Waals surface area contributed by atoms with Gasteiger partial charge in [0.1, 0.15) is 0 Å². The van der Waals surface area contributed by atoms with Gasteiger partial charge < -0.3 is 20.1 Å². The first-order valence-corrected chi connectivity index (χ1v) is 11.2. The summed E-state index contributed by atoms with van der Waals surface area (Å²) in [6, 6.07) is 0.253. The molecule has 7 bridgehead atoms. The monoisotopic (exact) mass is 377 g/mol. The van der Waals surface area contributed by atoms with Gasteiger partial charge in [0.15, 0.2) is 0 Å². The molecule has 0 amide bonds. The second kappa shape index (κ2) is 5.10. The molecule has 0 aromatic carbocycles. The van der Waals surface area contributed by atoms with E-state index in [0.29, 0.717) is 12.3 Å². The maximum Gasteiger partial charge on any atom is 0.0771 e. The molecule has 3 N–H and O–H groups in total. The Balaban J connectivity index is 1.59. The van der Waals surface area contributed by atoms with Crippen molar-refractivity contribution in [1.82, 2.24) is 4.90 Å². The summed E-state index contributed by atoms with van der Waals surface area (Å²) in [6.07, 6.45) is 3.66. The highest BCUT2D eigenvalue weighted by molar-refractivity contribution is 5.32. The molecule has 6 fully saturated rings. The Morgan fingerprint density at radius 1 is 1.19 bits per heavy atom. The van der Waals surface area contributed by atoms with Gasteiger partial charge in [0, 0.05) is 49.3 Å². The lowest BCUT2D eigenvalue weighted by Crippen LogP contribution is -2.75. The molecule has 6 rings (SSSR count). The van der Waals surface area contributed by atoms with Crippen molar-refractivity contribution < 1.29 is 20.1 Å². The van der Waals surface area contributed by atoms with E-state index in [-0.39, 0.29) is 52.8 Å². The third-order valence-corrected chi connectivity index (χ3v) is 10.7. The van der Waals surface area contributed by atoms with E-state index in [1.165, 1.54) is 0 Å². The summed E-state index contributed by atoms with van der Waals surface area (Å²) in [5.74, 6) is 0.840. The molecule has 1 aliphatic heterocycles. The van der Waals surface area contributed by atoms with Crippen LogP contribution < -0.4 is 0 Å². The normalized spacial score (nSPS) is 66.2. The van der Waals surface area contributed by atoms with Gasteiger partial charge in [-0.25, -0.2) is 0 Å². The van der Waals surface area contributed by atoms with Crippen molar-refractivity contribution in [2.45, 2.75) is 75.9 Å². The van der Waals surface area contributed by atoms with E-state index < -0.39 is 11.7 Å². The van der Waals surface area contributed by atoms with Crippen molar-refractivity contribution in [1.29, 1.82) is 0 Å². The zero-order chi connectivity index (χ0) is 18.9. The van der Waals surface area contributed by atoms with E-state index in [4.69, 9.17) is 4.74 Å². The molecule has 5 aliphatic carbocycles. The zero-order valence-corrected chi connectivity index (χ0v) is 16.8. The van der Waals surface area contributed by atoms with Crippen molar-refractivity contribution in [3.05, 3.63) is 0 Å². The van der Waals surface area contributed by atoms with Crippen LogP contribution >= 0.6 is 0 Å². The Labute approximate surface area is 162 Å². The van der Waals surface area contributed by atoms with Gasteiger partial charge in [-0.1, -0.05) is 13.8 Å². The maximum absolute atomic E-state index is 12.1. The summed E-state index contributed by atoms with van der Waals surface area (Å²) in [6.45, 7) is 6.74. The van der Waals surface area contributed by atoms with Gasteiger partial charge in [0.05, 0.1) is 23.9 Å². The molecular formula is C22H35NO4.